The zero-order valence-electron chi connectivity index (χ0n) is 12.2. The van der Waals surface area contributed by atoms with Crippen LogP contribution in [-0.4, -0.2) is 23.7 Å². The molecule has 6 heteroatoms. The van der Waals surface area contributed by atoms with Crippen LogP contribution in [0.4, 0.5) is 0 Å². The Morgan fingerprint density at radius 1 is 1.32 bits per heavy atom. The zero-order valence-corrected chi connectivity index (χ0v) is 13.0. The Bertz CT molecular complexity index is 834. The number of fused-ring (bicyclic) bond motifs is 1. The molecule has 0 aliphatic heterocycles. The monoisotopic (exact) mass is 313 g/mol. The summed E-state index contributed by atoms with van der Waals surface area (Å²) in [4.78, 5) is 16.3. The number of aromatic amines is 1. The number of carbonyl (C=O) groups is 1. The third-order valence-electron chi connectivity index (χ3n) is 3.28. The number of thiophene rings is 1. The molecule has 0 atom stereocenters. The lowest BCUT2D eigenvalue weighted by molar-refractivity contribution is 0.0950. The number of aromatic nitrogens is 1. The Kier molecular flexibility index (Phi) is 3.93. The van der Waals surface area contributed by atoms with Crippen molar-refractivity contribution in [2.24, 2.45) is 5.10 Å². The van der Waals surface area contributed by atoms with Crippen molar-refractivity contribution in [3.8, 4) is 5.75 Å². The molecule has 2 N–H and O–H groups in total. The third-order valence-corrected chi connectivity index (χ3v) is 4.25. The van der Waals surface area contributed by atoms with Crippen molar-refractivity contribution in [1.29, 1.82) is 0 Å². The van der Waals surface area contributed by atoms with Gasteiger partial charge in [-0.25, -0.2) is 5.43 Å². The summed E-state index contributed by atoms with van der Waals surface area (Å²) in [5.41, 5.74) is 4.69. The van der Waals surface area contributed by atoms with E-state index >= 15 is 0 Å². The van der Waals surface area contributed by atoms with Crippen LogP contribution in [0.3, 0.4) is 0 Å². The highest BCUT2D eigenvalue weighted by molar-refractivity contribution is 7.12. The van der Waals surface area contributed by atoms with Gasteiger partial charge in [-0.1, -0.05) is 6.07 Å². The summed E-state index contributed by atoms with van der Waals surface area (Å²) in [7, 11) is 1.61. The van der Waals surface area contributed by atoms with Gasteiger partial charge in [0.05, 0.1) is 12.8 Å². The maximum absolute atomic E-state index is 12.2. The van der Waals surface area contributed by atoms with Crippen LogP contribution in [0, 0.1) is 0 Å². The van der Waals surface area contributed by atoms with Crippen molar-refractivity contribution >= 4 is 33.9 Å². The Morgan fingerprint density at radius 2 is 2.18 bits per heavy atom. The quantitative estimate of drug-likeness (QED) is 0.573. The molecule has 0 fully saturated rings. The number of H-pyrrole nitrogens is 1. The van der Waals surface area contributed by atoms with Crippen LogP contribution in [0.15, 0.2) is 46.9 Å². The number of amides is 1. The van der Waals surface area contributed by atoms with E-state index in [1.54, 1.807) is 24.5 Å². The molecule has 1 aromatic carbocycles. The number of nitrogens with zero attached hydrogens (tertiary/aromatic N) is 1. The summed E-state index contributed by atoms with van der Waals surface area (Å²) < 4.78 is 5.18. The van der Waals surface area contributed by atoms with Crippen molar-refractivity contribution in [2.45, 2.75) is 6.92 Å². The van der Waals surface area contributed by atoms with E-state index in [2.05, 4.69) is 15.5 Å². The van der Waals surface area contributed by atoms with Crippen LogP contribution in [0.25, 0.3) is 10.9 Å². The van der Waals surface area contributed by atoms with Gasteiger partial charge in [0, 0.05) is 15.8 Å². The molecule has 0 aliphatic carbocycles. The molecule has 112 valence electrons. The summed E-state index contributed by atoms with van der Waals surface area (Å²) >= 11 is 1.58. The van der Waals surface area contributed by atoms with Crippen molar-refractivity contribution in [3.63, 3.8) is 0 Å². The van der Waals surface area contributed by atoms with E-state index in [9.17, 15) is 4.79 Å². The molecule has 0 saturated heterocycles. The average Bonchev–Trinajstić information content (AvgIpc) is 3.20. The predicted octanol–water partition coefficient (Wildman–Crippen LogP) is 3.39. The van der Waals surface area contributed by atoms with Gasteiger partial charge in [-0.3, -0.25) is 4.79 Å². The molecule has 0 radical (unpaired) electrons. The standard InChI is InChI=1S/C16H15N3O2S/c1-10(15-4-3-7-22-15)18-19-16(20)14-9-11-8-12(21-2)5-6-13(11)17-14/h3-9,17H,1-2H3,(H,19,20)/b18-10-. The average molecular weight is 313 g/mol. The smallest absolute Gasteiger partial charge is 0.287 e. The molecule has 2 heterocycles. The number of hydrazone groups is 1. The van der Waals surface area contributed by atoms with Gasteiger partial charge in [-0.15, -0.1) is 11.3 Å². The van der Waals surface area contributed by atoms with Gasteiger partial charge in [-0.2, -0.15) is 5.10 Å². The number of benzene rings is 1. The second kappa shape index (κ2) is 6.03. The second-order valence-electron chi connectivity index (χ2n) is 4.75. The second-order valence-corrected chi connectivity index (χ2v) is 5.70. The van der Waals surface area contributed by atoms with Gasteiger partial charge >= 0.3 is 0 Å². The number of ether oxygens (including phenoxy) is 1. The van der Waals surface area contributed by atoms with E-state index in [-0.39, 0.29) is 5.91 Å². The number of nitrogens with one attached hydrogen (secondary N) is 2. The van der Waals surface area contributed by atoms with E-state index in [4.69, 9.17) is 4.74 Å². The minimum atomic E-state index is -0.272. The van der Waals surface area contributed by atoms with E-state index in [0.717, 1.165) is 27.2 Å². The molecule has 3 rings (SSSR count). The maximum atomic E-state index is 12.2. The van der Waals surface area contributed by atoms with E-state index < -0.39 is 0 Å². The molecular weight excluding hydrogens is 298 g/mol. The van der Waals surface area contributed by atoms with Gasteiger partial charge < -0.3 is 9.72 Å². The molecular formula is C16H15N3O2S. The van der Waals surface area contributed by atoms with Gasteiger partial charge in [0.15, 0.2) is 0 Å². The van der Waals surface area contributed by atoms with Crippen molar-refractivity contribution in [1.82, 2.24) is 10.4 Å². The lowest BCUT2D eigenvalue weighted by Crippen LogP contribution is -2.19. The van der Waals surface area contributed by atoms with Crippen LogP contribution in [0.5, 0.6) is 5.75 Å². The first-order valence-electron chi connectivity index (χ1n) is 6.72. The van der Waals surface area contributed by atoms with Crippen LogP contribution >= 0.6 is 11.3 Å². The molecule has 0 bridgehead atoms. The molecule has 22 heavy (non-hydrogen) atoms. The van der Waals surface area contributed by atoms with E-state index in [1.165, 1.54) is 0 Å². The highest BCUT2D eigenvalue weighted by Gasteiger charge is 2.10. The number of rotatable bonds is 4. The maximum Gasteiger partial charge on any atom is 0.287 e. The lowest BCUT2D eigenvalue weighted by Gasteiger charge is -1.99. The minimum Gasteiger partial charge on any atom is -0.497 e. The number of methoxy groups -OCH3 is 1. The Labute approximate surface area is 131 Å². The van der Waals surface area contributed by atoms with Crippen molar-refractivity contribution in [3.05, 3.63) is 52.3 Å². The summed E-state index contributed by atoms with van der Waals surface area (Å²) in [6.45, 7) is 1.86. The fraction of sp³-hybridized carbons (Fsp3) is 0.125. The van der Waals surface area contributed by atoms with Crippen LogP contribution in [-0.2, 0) is 0 Å². The zero-order chi connectivity index (χ0) is 15.5. The fourth-order valence-electron chi connectivity index (χ4n) is 2.09. The van der Waals surface area contributed by atoms with E-state index in [1.807, 2.05) is 42.6 Å². The molecule has 5 nitrogen and oxygen atoms in total. The van der Waals surface area contributed by atoms with Crippen LogP contribution < -0.4 is 10.2 Å². The number of hydrogen-bond acceptors (Lipinski definition) is 4. The first-order chi connectivity index (χ1) is 10.7. The van der Waals surface area contributed by atoms with Crippen molar-refractivity contribution < 1.29 is 9.53 Å². The Hall–Kier alpha value is -2.60. The lowest BCUT2D eigenvalue weighted by atomic mass is 10.2. The van der Waals surface area contributed by atoms with Crippen molar-refractivity contribution in [2.75, 3.05) is 7.11 Å². The largest absolute Gasteiger partial charge is 0.497 e. The fourth-order valence-corrected chi connectivity index (χ4v) is 2.77. The molecule has 0 spiro atoms. The van der Waals surface area contributed by atoms with Gasteiger partial charge in [0.25, 0.3) is 5.91 Å². The first-order valence-corrected chi connectivity index (χ1v) is 7.60. The minimum absolute atomic E-state index is 0.272. The predicted molar refractivity (Wildman–Crippen MR) is 88.8 cm³/mol. The molecule has 0 unspecified atom stereocenters. The highest BCUT2D eigenvalue weighted by atomic mass is 32.1. The van der Waals surface area contributed by atoms with E-state index in [0.29, 0.717) is 5.69 Å². The summed E-state index contributed by atoms with van der Waals surface area (Å²) in [5.74, 6) is 0.482. The Morgan fingerprint density at radius 3 is 2.91 bits per heavy atom. The van der Waals surface area contributed by atoms with Gasteiger partial charge in [0.2, 0.25) is 0 Å². The number of carbonyl (C=O) groups excluding carboxylic acids is 1. The topological polar surface area (TPSA) is 66.5 Å². The van der Waals surface area contributed by atoms with Crippen LogP contribution in [0.1, 0.15) is 22.3 Å². The third kappa shape index (κ3) is 2.87. The van der Waals surface area contributed by atoms with Gasteiger partial charge in [-0.05, 0) is 42.6 Å². The van der Waals surface area contributed by atoms with Gasteiger partial charge in [0.1, 0.15) is 11.4 Å². The summed E-state index contributed by atoms with van der Waals surface area (Å²) in [6, 6.07) is 11.3. The highest BCUT2D eigenvalue weighted by Crippen LogP contribution is 2.21. The SMILES string of the molecule is COc1ccc2[nH]c(C(=O)N/N=C(/C)c3cccs3)cc2c1. The first kappa shape index (κ1) is 14.3. The van der Waals surface area contributed by atoms with Crippen LogP contribution in [0.2, 0.25) is 0 Å². The molecule has 3 aromatic rings. The molecule has 2 aromatic heterocycles. The summed E-state index contributed by atoms with van der Waals surface area (Å²) in [5, 5.41) is 7.02. The molecule has 0 saturated carbocycles. The molecule has 1 amide bonds. The summed E-state index contributed by atoms with van der Waals surface area (Å²) in [6.07, 6.45) is 0. The number of hydrogen-bond donors (Lipinski definition) is 2. The normalized spacial score (nSPS) is 11.6. The molecule has 0 aliphatic rings. The Balaban J connectivity index is 1.79.